The van der Waals surface area contributed by atoms with Crippen LogP contribution in [0, 0.1) is 0 Å². The SMILES string of the molecule is CN(C)CCCOC1(c2ccccc2)CCCCCC1. The fourth-order valence-corrected chi connectivity index (χ4v) is 3.21. The van der Waals surface area contributed by atoms with Gasteiger partial charge in [-0.05, 0) is 45.5 Å². The average Bonchev–Trinajstić information content (AvgIpc) is 2.71. The normalized spacial score (nSPS) is 18.9. The van der Waals surface area contributed by atoms with Crippen molar-refractivity contribution < 1.29 is 4.74 Å². The molecule has 0 aromatic heterocycles. The summed E-state index contributed by atoms with van der Waals surface area (Å²) in [4.78, 5) is 2.23. The summed E-state index contributed by atoms with van der Waals surface area (Å²) < 4.78 is 6.46. The van der Waals surface area contributed by atoms with Gasteiger partial charge in [0.15, 0.2) is 0 Å². The van der Waals surface area contributed by atoms with E-state index >= 15 is 0 Å². The highest BCUT2D eigenvalue weighted by molar-refractivity contribution is 5.23. The quantitative estimate of drug-likeness (QED) is 0.570. The highest BCUT2D eigenvalue weighted by Gasteiger charge is 2.33. The first-order valence-electron chi connectivity index (χ1n) is 8.07. The van der Waals surface area contributed by atoms with Crippen LogP contribution in [-0.2, 0) is 10.3 Å². The van der Waals surface area contributed by atoms with Crippen LogP contribution in [0.15, 0.2) is 30.3 Å². The van der Waals surface area contributed by atoms with E-state index in [1.807, 2.05) is 0 Å². The number of hydrogen-bond acceptors (Lipinski definition) is 2. The predicted molar refractivity (Wildman–Crippen MR) is 84.9 cm³/mol. The minimum Gasteiger partial charge on any atom is -0.370 e. The highest BCUT2D eigenvalue weighted by atomic mass is 16.5. The molecule has 0 saturated heterocycles. The molecule has 2 heteroatoms. The molecule has 0 spiro atoms. The maximum Gasteiger partial charge on any atom is 0.0931 e. The molecule has 20 heavy (non-hydrogen) atoms. The molecule has 0 N–H and O–H groups in total. The van der Waals surface area contributed by atoms with Crippen molar-refractivity contribution in [3.8, 4) is 0 Å². The summed E-state index contributed by atoms with van der Waals surface area (Å²) in [7, 11) is 4.25. The third kappa shape index (κ3) is 4.32. The van der Waals surface area contributed by atoms with E-state index in [4.69, 9.17) is 4.74 Å². The van der Waals surface area contributed by atoms with Crippen LogP contribution in [0.1, 0.15) is 50.5 Å². The van der Waals surface area contributed by atoms with Crippen molar-refractivity contribution in [2.24, 2.45) is 0 Å². The first kappa shape index (κ1) is 15.5. The molecule has 0 amide bonds. The van der Waals surface area contributed by atoms with Gasteiger partial charge in [-0.1, -0.05) is 56.0 Å². The van der Waals surface area contributed by atoms with Gasteiger partial charge in [-0.15, -0.1) is 0 Å². The second-order valence-electron chi connectivity index (χ2n) is 6.28. The molecule has 1 fully saturated rings. The molecule has 2 rings (SSSR count). The summed E-state index contributed by atoms with van der Waals surface area (Å²) >= 11 is 0. The van der Waals surface area contributed by atoms with E-state index in [2.05, 4.69) is 49.3 Å². The number of rotatable bonds is 6. The smallest absolute Gasteiger partial charge is 0.0931 e. The molecule has 1 aliphatic rings. The zero-order chi connectivity index (χ0) is 14.3. The highest BCUT2D eigenvalue weighted by Crippen LogP contribution is 2.39. The van der Waals surface area contributed by atoms with Gasteiger partial charge in [0, 0.05) is 6.61 Å². The van der Waals surface area contributed by atoms with E-state index in [0.29, 0.717) is 0 Å². The minimum absolute atomic E-state index is 0.0237. The second-order valence-corrected chi connectivity index (χ2v) is 6.28. The van der Waals surface area contributed by atoms with Gasteiger partial charge in [0.05, 0.1) is 5.60 Å². The Labute approximate surface area is 124 Å². The Bertz CT molecular complexity index is 366. The van der Waals surface area contributed by atoms with Gasteiger partial charge in [-0.3, -0.25) is 0 Å². The van der Waals surface area contributed by atoms with Crippen LogP contribution in [0.5, 0.6) is 0 Å². The molecule has 0 aliphatic heterocycles. The van der Waals surface area contributed by atoms with Crippen LogP contribution in [0.4, 0.5) is 0 Å². The third-order valence-corrected chi connectivity index (χ3v) is 4.34. The van der Waals surface area contributed by atoms with Crippen LogP contribution in [0.3, 0.4) is 0 Å². The summed E-state index contributed by atoms with van der Waals surface area (Å²) in [6.07, 6.45) is 8.77. The fraction of sp³-hybridized carbons (Fsp3) is 0.667. The van der Waals surface area contributed by atoms with E-state index in [0.717, 1.165) is 19.6 Å². The average molecular weight is 275 g/mol. The lowest BCUT2D eigenvalue weighted by molar-refractivity contribution is -0.0640. The number of nitrogens with zero attached hydrogens (tertiary/aromatic N) is 1. The van der Waals surface area contributed by atoms with Gasteiger partial charge in [-0.25, -0.2) is 0 Å². The molecule has 0 unspecified atom stereocenters. The monoisotopic (exact) mass is 275 g/mol. The lowest BCUT2D eigenvalue weighted by atomic mass is 9.86. The van der Waals surface area contributed by atoms with E-state index in [1.54, 1.807) is 0 Å². The summed E-state index contributed by atoms with van der Waals surface area (Å²) in [6.45, 7) is 1.97. The van der Waals surface area contributed by atoms with Crippen molar-refractivity contribution in [2.75, 3.05) is 27.2 Å². The minimum atomic E-state index is -0.0237. The predicted octanol–water partition coefficient (Wildman–Crippen LogP) is 4.20. The van der Waals surface area contributed by atoms with Crippen molar-refractivity contribution in [3.05, 3.63) is 35.9 Å². The molecule has 1 aliphatic carbocycles. The summed E-state index contributed by atoms with van der Waals surface area (Å²) in [6, 6.07) is 10.9. The van der Waals surface area contributed by atoms with E-state index < -0.39 is 0 Å². The molecule has 1 saturated carbocycles. The molecule has 0 atom stereocenters. The molecule has 2 nitrogen and oxygen atoms in total. The third-order valence-electron chi connectivity index (χ3n) is 4.34. The Balaban J connectivity index is 2.04. The lowest BCUT2D eigenvalue weighted by Gasteiger charge is -2.34. The molecular weight excluding hydrogens is 246 g/mol. The maximum absolute atomic E-state index is 6.46. The maximum atomic E-state index is 6.46. The Hall–Kier alpha value is -0.860. The van der Waals surface area contributed by atoms with Gasteiger partial charge in [0.2, 0.25) is 0 Å². The lowest BCUT2D eigenvalue weighted by Crippen LogP contribution is -2.30. The van der Waals surface area contributed by atoms with Gasteiger partial charge >= 0.3 is 0 Å². The number of benzene rings is 1. The first-order valence-corrected chi connectivity index (χ1v) is 8.07. The van der Waals surface area contributed by atoms with Crippen molar-refractivity contribution in [3.63, 3.8) is 0 Å². The standard InChI is InChI=1S/C18H29NO/c1-19(2)15-10-16-20-18(13-8-3-4-9-14-18)17-11-6-5-7-12-17/h5-7,11-12H,3-4,8-10,13-16H2,1-2H3. The second kappa shape index (κ2) is 7.80. The van der Waals surface area contributed by atoms with E-state index in [9.17, 15) is 0 Å². The van der Waals surface area contributed by atoms with Gasteiger partial charge in [0.1, 0.15) is 0 Å². The van der Waals surface area contributed by atoms with Crippen LogP contribution in [0.2, 0.25) is 0 Å². The Morgan fingerprint density at radius 3 is 2.25 bits per heavy atom. The topological polar surface area (TPSA) is 12.5 Å². The number of hydrogen-bond donors (Lipinski definition) is 0. The van der Waals surface area contributed by atoms with E-state index in [1.165, 1.54) is 44.1 Å². The van der Waals surface area contributed by atoms with Gasteiger partial charge in [-0.2, -0.15) is 0 Å². The molecule has 0 heterocycles. The zero-order valence-corrected chi connectivity index (χ0v) is 13.1. The Morgan fingerprint density at radius 2 is 1.65 bits per heavy atom. The van der Waals surface area contributed by atoms with Crippen LogP contribution >= 0.6 is 0 Å². The van der Waals surface area contributed by atoms with Crippen LogP contribution in [0.25, 0.3) is 0 Å². The van der Waals surface area contributed by atoms with Crippen molar-refractivity contribution in [1.82, 2.24) is 4.90 Å². The molecule has 0 bridgehead atoms. The van der Waals surface area contributed by atoms with Crippen LogP contribution < -0.4 is 0 Å². The van der Waals surface area contributed by atoms with Crippen LogP contribution in [-0.4, -0.2) is 32.1 Å². The first-order chi connectivity index (χ1) is 9.73. The summed E-state index contributed by atoms with van der Waals surface area (Å²) in [5.41, 5.74) is 1.36. The molecule has 0 radical (unpaired) electrons. The molecule has 1 aromatic carbocycles. The summed E-state index contributed by atoms with van der Waals surface area (Å²) in [5.74, 6) is 0. The largest absolute Gasteiger partial charge is 0.370 e. The van der Waals surface area contributed by atoms with E-state index in [-0.39, 0.29) is 5.60 Å². The van der Waals surface area contributed by atoms with Gasteiger partial charge < -0.3 is 9.64 Å². The Kier molecular flexibility index (Phi) is 6.06. The molecular formula is C18H29NO. The Morgan fingerprint density at radius 1 is 1.00 bits per heavy atom. The molecule has 112 valence electrons. The summed E-state index contributed by atoms with van der Waals surface area (Å²) in [5, 5.41) is 0. The zero-order valence-electron chi connectivity index (χ0n) is 13.1. The van der Waals surface area contributed by atoms with Crippen molar-refractivity contribution in [2.45, 2.75) is 50.5 Å². The van der Waals surface area contributed by atoms with Crippen molar-refractivity contribution >= 4 is 0 Å². The van der Waals surface area contributed by atoms with Gasteiger partial charge in [0.25, 0.3) is 0 Å². The molecule has 1 aromatic rings. The number of ether oxygens (including phenoxy) is 1. The van der Waals surface area contributed by atoms with Crippen molar-refractivity contribution in [1.29, 1.82) is 0 Å². The fourth-order valence-electron chi connectivity index (χ4n) is 3.21.